The van der Waals surface area contributed by atoms with E-state index in [4.69, 9.17) is 47.9 Å². The van der Waals surface area contributed by atoms with Crippen LogP contribution in [0.5, 0.6) is 11.5 Å². The van der Waals surface area contributed by atoms with Gasteiger partial charge in [0.2, 0.25) is 0 Å². The van der Waals surface area contributed by atoms with Gasteiger partial charge in [-0.25, -0.2) is 19.6 Å². The van der Waals surface area contributed by atoms with E-state index < -0.39 is 83.2 Å². The maximum Gasteiger partial charge on any atom is 0.330 e. The number of fused-ring (bicyclic) bond motifs is 10. The van der Waals surface area contributed by atoms with Gasteiger partial charge in [-0.05, 0) is 137 Å². The van der Waals surface area contributed by atoms with Crippen LogP contribution in [0.2, 0.25) is 0 Å². The Morgan fingerprint density at radius 1 is 0.411 bits per heavy atom. The number of benzene rings is 4. The second kappa shape index (κ2) is 22.1. The van der Waals surface area contributed by atoms with Crippen LogP contribution in [0.25, 0.3) is 90.9 Å². The molecule has 6 aliphatic heterocycles. The summed E-state index contributed by atoms with van der Waals surface area (Å²) in [7, 11) is 0. The van der Waals surface area contributed by atoms with Gasteiger partial charge in [-0.1, -0.05) is 83.9 Å². The molecule has 20 heteroatoms. The lowest BCUT2D eigenvalue weighted by Crippen LogP contribution is -2.37. The Kier molecular flexibility index (Phi) is 13.9. The molecule has 9 aromatic rings. The predicted molar refractivity (Wildman–Crippen MR) is 339 cm³/mol. The maximum absolute atomic E-state index is 13.0. The van der Waals surface area contributed by atoms with Gasteiger partial charge in [0, 0.05) is 68.8 Å². The summed E-state index contributed by atoms with van der Waals surface area (Å²) in [5, 5.41) is 0. The average molecular weight is 1210 g/mol. The highest BCUT2D eigenvalue weighted by molar-refractivity contribution is 6.00. The predicted octanol–water partition coefficient (Wildman–Crippen LogP) is 10.6. The topological polar surface area (TPSA) is 241 Å². The molecular weight excluding hydrogens is 1140 g/mol. The number of H-pyrrole nitrogens is 4. The lowest BCUT2D eigenvalue weighted by atomic mass is 10.0. The first-order valence-corrected chi connectivity index (χ1v) is 29.9. The molecule has 4 fully saturated rings. The van der Waals surface area contributed by atoms with Crippen LogP contribution >= 0.6 is 0 Å². The highest BCUT2D eigenvalue weighted by Crippen LogP contribution is 2.46. The van der Waals surface area contributed by atoms with E-state index in [1.807, 2.05) is 76.2 Å². The van der Waals surface area contributed by atoms with E-state index in [-0.39, 0.29) is 13.2 Å². The molecular formula is C70H62N8O12. The van der Waals surface area contributed by atoms with Gasteiger partial charge in [-0.3, -0.25) is 28.7 Å². The standard InChI is InChI=1S/C70H62N8O12/c1-37-7-11-39(12-8-37)57-45-23-24-46(71-45)58(40-13-9-38(2)10-14-40)48-26-28-50(73-48)60(42-17-21-44(22-18-42)84-36-54-62-64(90-70(5,6)88-62)66(86-54)78-34-32-56(80)76-68(78)82)52-30-29-51(74-52)59(49-27-25-47(57)72-49)41-15-19-43(20-16-41)83-35-53-61-63(89-69(3,4)87-61)65(85-53)77-33-31-55(79)75-67(77)81/h7-34,53-54,61-66,71,74H,35-36H2,1-6H3,(H,75,79,81)(H,76,80,82)/t53-,54-,61-,62-,63-,64-,65-,66-/m1/s1. The van der Waals surface area contributed by atoms with E-state index in [9.17, 15) is 19.2 Å². The molecule has 11 heterocycles. The zero-order chi connectivity index (χ0) is 61.7. The third kappa shape index (κ3) is 10.5. The molecule has 0 saturated carbocycles. The number of aromatic nitrogens is 8. The number of hydrogen-bond acceptors (Lipinski definition) is 14. The van der Waals surface area contributed by atoms with Crippen molar-refractivity contribution in [3.8, 4) is 56.0 Å². The summed E-state index contributed by atoms with van der Waals surface area (Å²) < 4.78 is 53.5. The van der Waals surface area contributed by atoms with Gasteiger partial charge in [0.25, 0.3) is 11.1 Å². The number of aromatic amines is 4. The molecule has 0 amide bonds. The van der Waals surface area contributed by atoms with Crippen molar-refractivity contribution < 1.29 is 37.9 Å². The van der Waals surface area contributed by atoms with Crippen LogP contribution in [-0.4, -0.2) is 100 Å². The molecule has 15 rings (SSSR count). The first kappa shape index (κ1) is 56.7. The molecule has 8 bridgehead atoms. The highest BCUT2D eigenvalue weighted by Gasteiger charge is 2.57. The summed E-state index contributed by atoms with van der Waals surface area (Å²) >= 11 is 0. The van der Waals surface area contributed by atoms with Crippen LogP contribution in [0.15, 0.2) is 165 Å². The summed E-state index contributed by atoms with van der Waals surface area (Å²) in [4.78, 5) is 73.2. The molecule has 5 aromatic heterocycles. The van der Waals surface area contributed by atoms with Crippen molar-refractivity contribution >= 4 is 46.4 Å². The van der Waals surface area contributed by atoms with E-state index in [0.717, 1.165) is 100 Å². The number of hydrogen-bond donors (Lipinski definition) is 4. The Morgan fingerprint density at radius 2 is 0.722 bits per heavy atom. The van der Waals surface area contributed by atoms with Crippen LogP contribution in [0.1, 0.15) is 74.1 Å². The van der Waals surface area contributed by atoms with Crippen LogP contribution in [0.3, 0.4) is 0 Å². The van der Waals surface area contributed by atoms with Crippen molar-refractivity contribution in [3.63, 3.8) is 0 Å². The van der Waals surface area contributed by atoms with E-state index in [1.54, 1.807) is 0 Å². The van der Waals surface area contributed by atoms with Gasteiger partial charge in [0.15, 0.2) is 24.0 Å². The monoisotopic (exact) mass is 1210 g/mol. The van der Waals surface area contributed by atoms with Crippen molar-refractivity contribution in [3.05, 3.63) is 221 Å². The molecule has 0 radical (unpaired) electrons. The SMILES string of the molecule is Cc1ccc(-c2c3nc(c(-c4ccc(OC[C@H]5O[C@@H](n6ccc(=O)[nH]c6=O)[C@@H]6OC(C)(C)O[C@@H]65)cc4)c4ccc([nH]4)c(-c4ccc(OC[C@H]5O[C@@H](n6ccc(=O)[nH]c6=O)[C@@H]6OC(C)(C)O[C@@H]65)cc4)c4nc(c(-c5ccc(C)cc5)c5ccc2[nH]5)C=C4)C=C3)cc1. The number of rotatable bonds is 12. The molecule has 4 N–H and O–H groups in total. The molecule has 6 aliphatic rings. The van der Waals surface area contributed by atoms with Crippen molar-refractivity contribution in [2.75, 3.05) is 13.2 Å². The van der Waals surface area contributed by atoms with Crippen molar-refractivity contribution in [2.45, 2.75) is 102 Å². The minimum atomic E-state index is -0.951. The Morgan fingerprint density at radius 3 is 1.04 bits per heavy atom. The van der Waals surface area contributed by atoms with Crippen LogP contribution in [0, 0.1) is 13.8 Å². The first-order chi connectivity index (χ1) is 43.4. The summed E-state index contributed by atoms with van der Waals surface area (Å²) in [6, 6.07) is 43.5. The van der Waals surface area contributed by atoms with Gasteiger partial charge in [0.05, 0.1) is 22.8 Å². The summed E-state index contributed by atoms with van der Waals surface area (Å²) in [6.07, 6.45) is 5.64. The van der Waals surface area contributed by atoms with E-state index in [0.29, 0.717) is 11.5 Å². The van der Waals surface area contributed by atoms with Gasteiger partial charge >= 0.3 is 11.4 Å². The quantitative estimate of drug-likeness (QED) is 0.0890. The van der Waals surface area contributed by atoms with Gasteiger partial charge in [-0.2, -0.15) is 0 Å². The van der Waals surface area contributed by atoms with E-state index in [1.165, 1.54) is 33.7 Å². The Hall–Kier alpha value is -9.80. The molecule has 0 spiro atoms. The van der Waals surface area contributed by atoms with Crippen LogP contribution < -0.4 is 32.0 Å². The van der Waals surface area contributed by atoms with Crippen LogP contribution in [0.4, 0.5) is 0 Å². The Balaban J connectivity index is 0.829. The van der Waals surface area contributed by atoms with E-state index in [2.05, 4.69) is 131 Å². The lowest BCUT2D eigenvalue weighted by molar-refractivity contribution is -0.200. The van der Waals surface area contributed by atoms with Gasteiger partial charge < -0.3 is 47.9 Å². The third-order valence-corrected chi connectivity index (χ3v) is 17.1. The Bertz CT molecular complexity index is 4510. The minimum Gasteiger partial charge on any atom is -0.491 e. The largest absolute Gasteiger partial charge is 0.491 e. The van der Waals surface area contributed by atoms with Crippen molar-refractivity contribution in [1.82, 2.24) is 39.0 Å². The van der Waals surface area contributed by atoms with Gasteiger partial charge in [0.1, 0.15) is 61.3 Å². The normalized spacial score (nSPS) is 22.6. The molecule has 20 nitrogen and oxygen atoms in total. The highest BCUT2D eigenvalue weighted by atomic mass is 16.8. The van der Waals surface area contributed by atoms with E-state index >= 15 is 0 Å². The number of ether oxygens (including phenoxy) is 8. The zero-order valence-corrected chi connectivity index (χ0v) is 49.9. The molecule has 4 saturated heterocycles. The summed E-state index contributed by atoms with van der Waals surface area (Å²) in [6.45, 7) is 11.5. The third-order valence-electron chi connectivity index (χ3n) is 17.1. The van der Waals surface area contributed by atoms with Gasteiger partial charge in [-0.15, -0.1) is 0 Å². The molecule has 8 atom stereocenters. The molecule has 454 valence electrons. The fourth-order valence-electron chi connectivity index (χ4n) is 12.9. The fourth-order valence-corrected chi connectivity index (χ4v) is 12.9. The number of nitrogens with one attached hydrogen (secondary N) is 4. The second-order valence-corrected chi connectivity index (χ2v) is 24.2. The Labute approximate surface area is 514 Å². The number of aryl methyl sites for hydroxylation is 2. The molecule has 90 heavy (non-hydrogen) atoms. The molecule has 0 aliphatic carbocycles. The lowest BCUT2D eigenvalue weighted by Gasteiger charge is -2.24. The minimum absolute atomic E-state index is 0.0759. The zero-order valence-electron chi connectivity index (χ0n) is 49.9. The second-order valence-electron chi connectivity index (χ2n) is 24.2. The smallest absolute Gasteiger partial charge is 0.330 e. The maximum atomic E-state index is 13.0. The van der Waals surface area contributed by atoms with Crippen molar-refractivity contribution in [1.29, 1.82) is 0 Å². The average Bonchev–Trinajstić information content (AvgIpc) is 1.66. The van der Waals surface area contributed by atoms with Crippen molar-refractivity contribution in [2.24, 2.45) is 0 Å². The fraction of sp³-hybridized carbons (Fsp3) is 0.257. The molecule has 4 aromatic carbocycles. The number of nitrogens with zero attached hydrogens (tertiary/aromatic N) is 4. The summed E-state index contributed by atoms with van der Waals surface area (Å²) in [5.41, 5.74) is 13.6. The summed E-state index contributed by atoms with van der Waals surface area (Å²) in [5.74, 6) is -0.771. The molecule has 0 unspecified atom stereocenters. The first-order valence-electron chi connectivity index (χ1n) is 29.9. The van der Waals surface area contributed by atoms with Crippen LogP contribution in [-0.2, 0) is 28.4 Å².